The molecule has 1 atom stereocenters. The van der Waals surface area contributed by atoms with Crippen LogP contribution in [0.3, 0.4) is 0 Å². The van der Waals surface area contributed by atoms with Gasteiger partial charge in [0.2, 0.25) is 5.91 Å². The topological polar surface area (TPSA) is 113 Å². The van der Waals surface area contributed by atoms with E-state index in [0.717, 1.165) is 22.1 Å². The van der Waals surface area contributed by atoms with Crippen molar-refractivity contribution < 1.29 is 37.5 Å². The predicted molar refractivity (Wildman–Crippen MR) is 120 cm³/mol. The van der Waals surface area contributed by atoms with Crippen molar-refractivity contribution in [3.8, 4) is 0 Å². The number of ether oxygens (including phenoxy) is 2. The van der Waals surface area contributed by atoms with Gasteiger partial charge in [-0.1, -0.05) is 0 Å². The van der Waals surface area contributed by atoms with Gasteiger partial charge in [0.1, 0.15) is 11.8 Å². The SMILES string of the molecule is COC(=S)NC[C@H]1CN(c2cc(F)c(N3CCON(C(=O)CNC(C)=O)CC3)c(F)c2)C(=O)O1. The largest absolute Gasteiger partial charge is 0.474 e. The van der Waals surface area contributed by atoms with Gasteiger partial charge in [-0.15, -0.1) is 0 Å². The van der Waals surface area contributed by atoms with E-state index in [1.165, 1.54) is 18.9 Å². The fourth-order valence-electron chi connectivity index (χ4n) is 3.48. The first-order valence-corrected chi connectivity index (χ1v) is 10.8. The monoisotopic (exact) mass is 501 g/mol. The normalized spacial score (nSPS) is 18.3. The Morgan fingerprint density at radius 3 is 2.56 bits per heavy atom. The number of thiocarbonyl (C=S) groups is 1. The van der Waals surface area contributed by atoms with Crippen molar-refractivity contribution in [2.45, 2.75) is 13.0 Å². The first-order chi connectivity index (χ1) is 16.2. The number of anilines is 2. The molecule has 0 saturated carbocycles. The summed E-state index contributed by atoms with van der Waals surface area (Å²) in [6, 6.07) is 2.11. The summed E-state index contributed by atoms with van der Waals surface area (Å²) in [6.07, 6.45) is -1.33. The zero-order chi connectivity index (χ0) is 24.8. The Balaban J connectivity index is 1.66. The van der Waals surface area contributed by atoms with E-state index in [-0.39, 0.29) is 68.3 Å². The van der Waals surface area contributed by atoms with Gasteiger partial charge in [-0.3, -0.25) is 19.3 Å². The van der Waals surface area contributed by atoms with E-state index in [0.29, 0.717) is 0 Å². The molecule has 0 bridgehead atoms. The Labute approximate surface area is 199 Å². The first kappa shape index (κ1) is 25.4. The lowest BCUT2D eigenvalue weighted by Crippen LogP contribution is -2.41. The molecule has 2 heterocycles. The number of hydrogen-bond donors (Lipinski definition) is 2. The fourth-order valence-corrected chi connectivity index (χ4v) is 3.56. The maximum Gasteiger partial charge on any atom is 0.414 e. The van der Waals surface area contributed by atoms with Crippen molar-refractivity contribution in [1.29, 1.82) is 0 Å². The highest BCUT2D eigenvalue weighted by molar-refractivity contribution is 7.80. The molecule has 0 aliphatic carbocycles. The molecule has 0 spiro atoms. The molecule has 2 N–H and O–H groups in total. The molecule has 2 fully saturated rings. The van der Waals surface area contributed by atoms with Crippen LogP contribution in [0.15, 0.2) is 12.1 Å². The number of halogens is 2. The van der Waals surface area contributed by atoms with Crippen LogP contribution < -0.4 is 20.4 Å². The summed E-state index contributed by atoms with van der Waals surface area (Å²) in [5, 5.41) is 6.33. The molecule has 2 saturated heterocycles. The standard InChI is InChI=1S/C20H25F2N5O6S/c1-12(28)23-10-17(29)27-4-3-25(5-6-32-27)18-15(21)7-13(8-16(18)22)26-11-14(33-20(26)30)9-24-19(34)31-2/h7-8,14H,3-6,9-11H2,1-2H3,(H,23,28)(H,24,34)/t14-/m0/s1. The van der Waals surface area contributed by atoms with Crippen molar-refractivity contribution in [2.24, 2.45) is 0 Å². The van der Waals surface area contributed by atoms with E-state index >= 15 is 0 Å². The lowest BCUT2D eigenvalue weighted by atomic mass is 10.2. The number of benzene rings is 1. The van der Waals surface area contributed by atoms with Crippen LogP contribution in [0.2, 0.25) is 0 Å². The zero-order valence-electron chi connectivity index (χ0n) is 18.6. The van der Waals surface area contributed by atoms with Gasteiger partial charge in [-0.2, -0.15) is 0 Å². The van der Waals surface area contributed by atoms with E-state index in [9.17, 15) is 23.2 Å². The molecule has 1 aromatic rings. The molecular formula is C20H25F2N5O6S. The summed E-state index contributed by atoms with van der Waals surface area (Å²) in [6.45, 7) is 1.55. The molecule has 14 heteroatoms. The van der Waals surface area contributed by atoms with Gasteiger partial charge in [0.15, 0.2) is 11.6 Å². The predicted octanol–water partition coefficient (Wildman–Crippen LogP) is 0.527. The number of cyclic esters (lactones) is 1. The maximum absolute atomic E-state index is 15.0. The van der Waals surface area contributed by atoms with E-state index in [1.807, 2.05) is 0 Å². The number of methoxy groups -OCH3 is 1. The van der Waals surface area contributed by atoms with E-state index in [1.54, 1.807) is 0 Å². The third-order valence-corrected chi connectivity index (χ3v) is 5.42. The number of carbonyl (C=O) groups excluding carboxylic acids is 3. The minimum atomic E-state index is -0.872. The van der Waals surface area contributed by atoms with Gasteiger partial charge in [0, 0.05) is 32.1 Å². The van der Waals surface area contributed by atoms with Crippen molar-refractivity contribution in [3.63, 3.8) is 0 Å². The number of nitrogens with one attached hydrogen (secondary N) is 2. The van der Waals surface area contributed by atoms with E-state index < -0.39 is 29.7 Å². The van der Waals surface area contributed by atoms with Crippen LogP contribution in [-0.4, -0.2) is 87.2 Å². The molecule has 3 rings (SSSR count). The molecule has 11 nitrogen and oxygen atoms in total. The van der Waals surface area contributed by atoms with Gasteiger partial charge in [0.25, 0.3) is 11.1 Å². The van der Waals surface area contributed by atoms with Crippen LogP contribution >= 0.6 is 12.2 Å². The quantitative estimate of drug-likeness (QED) is 0.539. The summed E-state index contributed by atoms with van der Waals surface area (Å²) < 4.78 is 40.0. The molecule has 186 valence electrons. The molecule has 2 aliphatic heterocycles. The second kappa shape index (κ2) is 11.2. The Hall–Kier alpha value is -3.26. The average molecular weight is 502 g/mol. The number of rotatable bonds is 6. The van der Waals surface area contributed by atoms with Gasteiger partial charge in [0.05, 0.1) is 45.6 Å². The number of carbonyl (C=O) groups is 3. The summed E-state index contributed by atoms with van der Waals surface area (Å²) >= 11 is 4.87. The van der Waals surface area contributed by atoms with Crippen molar-refractivity contribution in [2.75, 3.05) is 62.8 Å². The minimum Gasteiger partial charge on any atom is -0.474 e. The van der Waals surface area contributed by atoms with E-state index in [4.69, 9.17) is 26.5 Å². The Morgan fingerprint density at radius 2 is 1.91 bits per heavy atom. The molecule has 0 aromatic heterocycles. The molecule has 2 aliphatic rings. The maximum atomic E-state index is 15.0. The number of hydrogen-bond acceptors (Lipinski definition) is 8. The van der Waals surface area contributed by atoms with Crippen LogP contribution in [0.25, 0.3) is 0 Å². The van der Waals surface area contributed by atoms with Gasteiger partial charge < -0.3 is 25.0 Å². The Kier molecular flexibility index (Phi) is 8.39. The van der Waals surface area contributed by atoms with Gasteiger partial charge in [-0.25, -0.2) is 18.6 Å². The molecule has 0 unspecified atom stereocenters. The smallest absolute Gasteiger partial charge is 0.414 e. The molecule has 34 heavy (non-hydrogen) atoms. The fraction of sp³-hybridized carbons (Fsp3) is 0.500. The minimum absolute atomic E-state index is 0.00289. The second-order valence-corrected chi connectivity index (χ2v) is 7.84. The summed E-state index contributed by atoms with van der Waals surface area (Å²) in [5.74, 6) is -2.58. The molecule has 0 radical (unpaired) electrons. The van der Waals surface area contributed by atoms with E-state index in [2.05, 4.69) is 10.6 Å². The summed E-state index contributed by atoms with van der Waals surface area (Å²) in [7, 11) is 1.40. The first-order valence-electron chi connectivity index (χ1n) is 10.4. The lowest BCUT2D eigenvalue weighted by Gasteiger charge is -2.24. The molecule has 3 amide bonds. The highest BCUT2D eigenvalue weighted by Gasteiger charge is 2.34. The third-order valence-electron chi connectivity index (χ3n) is 5.11. The van der Waals surface area contributed by atoms with Crippen molar-refractivity contribution >= 4 is 46.7 Å². The highest BCUT2D eigenvalue weighted by Crippen LogP contribution is 2.31. The average Bonchev–Trinajstić information content (AvgIpc) is 3.00. The molecule has 1 aromatic carbocycles. The summed E-state index contributed by atoms with van der Waals surface area (Å²) in [4.78, 5) is 43.3. The van der Waals surface area contributed by atoms with Gasteiger partial charge >= 0.3 is 6.09 Å². The number of amides is 3. The second-order valence-electron chi connectivity index (χ2n) is 7.47. The van der Waals surface area contributed by atoms with Crippen LogP contribution in [0.4, 0.5) is 25.0 Å². The third kappa shape index (κ3) is 6.20. The van der Waals surface area contributed by atoms with Crippen molar-refractivity contribution in [1.82, 2.24) is 15.7 Å². The Morgan fingerprint density at radius 1 is 1.21 bits per heavy atom. The van der Waals surface area contributed by atoms with Crippen molar-refractivity contribution in [3.05, 3.63) is 23.8 Å². The molecular weight excluding hydrogens is 476 g/mol. The van der Waals surface area contributed by atoms with Crippen LogP contribution in [0.1, 0.15) is 6.92 Å². The van der Waals surface area contributed by atoms with Crippen LogP contribution in [0.5, 0.6) is 0 Å². The highest BCUT2D eigenvalue weighted by atomic mass is 32.1. The summed E-state index contributed by atoms with van der Waals surface area (Å²) in [5.41, 5.74) is -0.279. The van der Waals surface area contributed by atoms with Crippen LogP contribution in [-0.2, 0) is 23.9 Å². The lowest BCUT2D eigenvalue weighted by molar-refractivity contribution is -0.181. The van der Waals surface area contributed by atoms with Crippen LogP contribution in [0, 0.1) is 11.6 Å². The zero-order valence-corrected chi connectivity index (χ0v) is 19.5. The number of nitrogens with zero attached hydrogens (tertiary/aromatic N) is 3. The van der Waals surface area contributed by atoms with Gasteiger partial charge in [-0.05, 0) is 12.2 Å². The Bertz CT molecular complexity index is 944. The number of hydroxylamine groups is 2.